The van der Waals surface area contributed by atoms with Crippen LogP contribution in [0.5, 0.6) is 0 Å². The number of amides is 1. The predicted molar refractivity (Wildman–Crippen MR) is 75.3 cm³/mol. The van der Waals surface area contributed by atoms with Crippen LogP contribution in [0.4, 0.5) is 10.5 Å². The molecular formula is C15H20N2O2. The van der Waals surface area contributed by atoms with Crippen LogP contribution in [0.25, 0.3) is 4.85 Å². The number of aryl methyl sites for hydroxylation is 1. The fourth-order valence-electron chi connectivity index (χ4n) is 1.53. The first kappa shape index (κ1) is 15.0. The van der Waals surface area contributed by atoms with Gasteiger partial charge >= 0.3 is 6.09 Å². The lowest BCUT2D eigenvalue weighted by Gasteiger charge is -2.19. The van der Waals surface area contributed by atoms with Crippen LogP contribution in [-0.2, 0) is 11.2 Å². The molecule has 0 aliphatic carbocycles. The number of benzene rings is 1. The van der Waals surface area contributed by atoms with Gasteiger partial charge in [-0.2, -0.15) is 0 Å². The summed E-state index contributed by atoms with van der Waals surface area (Å²) in [5.41, 5.74) is 1.36. The van der Waals surface area contributed by atoms with Crippen LogP contribution in [0.1, 0.15) is 32.8 Å². The molecular weight excluding hydrogens is 240 g/mol. The van der Waals surface area contributed by atoms with Crippen LogP contribution < -0.4 is 5.32 Å². The molecule has 0 fully saturated rings. The van der Waals surface area contributed by atoms with Crippen LogP contribution in [0, 0.1) is 6.57 Å². The maximum atomic E-state index is 11.4. The van der Waals surface area contributed by atoms with Gasteiger partial charge in [-0.05, 0) is 33.6 Å². The van der Waals surface area contributed by atoms with E-state index in [9.17, 15) is 4.79 Å². The van der Waals surface area contributed by atoms with Gasteiger partial charge in [-0.1, -0.05) is 29.8 Å². The van der Waals surface area contributed by atoms with Gasteiger partial charge in [0.1, 0.15) is 5.60 Å². The van der Waals surface area contributed by atoms with Crippen molar-refractivity contribution in [3.63, 3.8) is 0 Å². The Morgan fingerprint density at radius 3 is 2.47 bits per heavy atom. The molecule has 0 heterocycles. The van der Waals surface area contributed by atoms with E-state index in [0.29, 0.717) is 12.2 Å². The van der Waals surface area contributed by atoms with Gasteiger partial charge in [-0.25, -0.2) is 9.64 Å². The van der Waals surface area contributed by atoms with Gasteiger partial charge < -0.3 is 10.1 Å². The number of nitrogens with one attached hydrogen (secondary N) is 1. The summed E-state index contributed by atoms with van der Waals surface area (Å²) in [5, 5.41) is 2.72. The van der Waals surface area contributed by atoms with Crippen molar-refractivity contribution in [3.05, 3.63) is 41.2 Å². The molecule has 0 atom stereocenters. The van der Waals surface area contributed by atoms with E-state index in [1.165, 1.54) is 5.56 Å². The van der Waals surface area contributed by atoms with Crippen LogP contribution in [0.15, 0.2) is 24.3 Å². The largest absolute Gasteiger partial charge is 0.444 e. The summed E-state index contributed by atoms with van der Waals surface area (Å²) >= 11 is 0. The van der Waals surface area contributed by atoms with Crippen LogP contribution in [0.3, 0.4) is 0 Å². The van der Waals surface area contributed by atoms with E-state index in [4.69, 9.17) is 11.3 Å². The lowest BCUT2D eigenvalue weighted by molar-refractivity contribution is 0.0527. The molecule has 0 aromatic heterocycles. The minimum atomic E-state index is -0.459. The molecule has 1 aromatic carbocycles. The minimum absolute atomic E-state index is 0.379. The van der Waals surface area contributed by atoms with E-state index in [1.807, 2.05) is 45.0 Å². The molecule has 19 heavy (non-hydrogen) atoms. The molecule has 102 valence electrons. The third kappa shape index (κ3) is 6.46. The van der Waals surface area contributed by atoms with Gasteiger partial charge in [-0.15, -0.1) is 0 Å². The van der Waals surface area contributed by atoms with Gasteiger partial charge in [0.25, 0.3) is 0 Å². The Morgan fingerprint density at radius 1 is 1.32 bits per heavy atom. The van der Waals surface area contributed by atoms with Gasteiger partial charge in [0.2, 0.25) is 0 Å². The fraction of sp³-hybridized carbons (Fsp3) is 0.467. The predicted octanol–water partition coefficient (Wildman–Crippen LogP) is 3.69. The Kier molecular flexibility index (Phi) is 5.37. The molecule has 0 saturated carbocycles. The third-order valence-corrected chi connectivity index (χ3v) is 2.38. The number of carbonyl (C=O) groups is 1. The van der Waals surface area contributed by atoms with Crippen LogP contribution >= 0.6 is 0 Å². The molecule has 4 nitrogen and oxygen atoms in total. The summed E-state index contributed by atoms with van der Waals surface area (Å²) in [4.78, 5) is 14.7. The van der Waals surface area contributed by atoms with E-state index in [1.54, 1.807) is 0 Å². The number of hydrogen-bond acceptors (Lipinski definition) is 2. The highest BCUT2D eigenvalue weighted by atomic mass is 16.6. The van der Waals surface area contributed by atoms with E-state index in [2.05, 4.69) is 10.2 Å². The molecule has 0 unspecified atom stereocenters. The Hall–Kier alpha value is -2.02. The summed E-state index contributed by atoms with van der Waals surface area (Å²) in [6.45, 7) is 13.0. The Balaban J connectivity index is 2.24. The summed E-state index contributed by atoms with van der Waals surface area (Å²) in [5.74, 6) is 0. The summed E-state index contributed by atoms with van der Waals surface area (Å²) in [6, 6.07) is 7.51. The zero-order valence-corrected chi connectivity index (χ0v) is 11.7. The zero-order valence-electron chi connectivity index (χ0n) is 11.7. The lowest BCUT2D eigenvalue weighted by Crippen LogP contribution is -2.33. The van der Waals surface area contributed by atoms with Crippen molar-refractivity contribution in [2.45, 2.75) is 39.2 Å². The van der Waals surface area contributed by atoms with E-state index < -0.39 is 5.60 Å². The highest BCUT2D eigenvalue weighted by Crippen LogP contribution is 2.13. The first-order chi connectivity index (χ1) is 8.90. The van der Waals surface area contributed by atoms with E-state index in [0.717, 1.165) is 12.8 Å². The standard InChI is InChI=1S/C15H20N2O2/c1-15(2,3)19-14(18)17-11-5-6-12-7-9-13(16-4)10-8-12/h7-10H,5-6,11H2,1-3H3,(H,17,18). The molecule has 0 radical (unpaired) electrons. The number of nitrogens with zero attached hydrogens (tertiary/aromatic N) is 1. The maximum Gasteiger partial charge on any atom is 0.407 e. The number of ether oxygens (including phenoxy) is 1. The molecule has 0 spiro atoms. The smallest absolute Gasteiger partial charge is 0.407 e. The summed E-state index contributed by atoms with van der Waals surface area (Å²) < 4.78 is 5.14. The molecule has 0 aliphatic rings. The normalized spacial score (nSPS) is 10.6. The second-order valence-corrected chi connectivity index (χ2v) is 5.31. The number of hydrogen-bond donors (Lipinski definition) is 1. The second-order valence-electron chi connectivity index (χ2n) is 5.31. The topological polar surface area (TPSA) is 42.7 Å². The Morgan fingerprint density at radius 2 is 1.95 bits per heavy atom. The molecule has 1 aromatic rings. The first-order valence-electron chi connectivity index (χ1n) is 6.34. The van der Waals surface area contributed by atoms with Crippen LogP contribution in [-0.4, -0.2) is 18.2 Å². The van der Waals surface area contributed by atoms with E-state index >= 15 is 0 Å². The van der Waals surface area contributed by atoms with Gasteiger partial charge in [0, 0.05) is 6.54 Å². The highest BCUT2D eigenvalue weighted by Gasteiger charge is 2.15. The summed E-state index contributed by atoms with van der Waals surface area (Å²) in [7, 11) is 0. The lowest BCUT2D eigenvalue weighted by atomic mass is 10.1. The van der Waals surface area contributed by atoms with Crippen molar-refractivity contribution in [2.75, 3.05) is 6.54 Å². The monoisotopic (exact) mass is 260 g/mol. The van der Waals surface area contributed by atoms with Crippen molar-refractivity contribution < 1.29 is 9.53 Å². The number of carbonyl (C=O) groups excluding carboxylic acids is 1. The molecule has 0 aliphatic heterocycles. The van der Waals surface area contributed by atoms with Crippen LogP contribution in [0.2, 0.25) is 0 Å². The SMILES string of the molecule is [C-]#[N+]c1ccc(CCCNC(=O)OC(C)(C)C)cc1. The van der Waals surface area contributed by atoms with Gasteiger partial charge in [-0.3, -0.25) is 0 Å². The highest BCUT2D eigenvalue weighted by molar-refractivity contribution is 5.67. The Labute approximate surface area is 114 Å². The number of rotatable bonds is 4. The third-order valence-electron chi connectivity index (χ3n) is 2.38. The molecule has 0 bridgehead atoms. The van der Waals surface area contributed by atoms with Crippen molar-refractivity contribution in [1.29, 1.82) is 0 Å². The molecule has 4 heteroatoms. The first-order valence-corrected chi connectivity index (χ1v) is 6.34. The Bertz CT molecular complexity index is 453. The average molecular weight is 260 g/mol. The molecule has 0 saturated heterocycles. The van der Waals surface area contributed by atoms with Crippen molar-refractivity contribution in [1.82, 2.24) is 5.32 Å². The minimum Gasteiger partial charge on any atom is -0.444 e. The van der Waals surface area contributed by atoms with Crippen molar-refractivity contribution in [2.24, 2.45) is 0 Å². The zero-order chi connectivity index (χ0) is 14.3. The molecule has 1 rings (SSSR count). The fourth-order valence-corrected chi connectivity index (χ4v) is 1.53. The van der Waals surface area contributed by atoms with Gasteiger partial charge in [0.15, 0.2) is 5.69 Å². The van der Waals surface area contributed by atoms with E-state index in [-0.39, 0.29) is 6.09 Å². The molecule has 1 amide bonds. The quantitative estimate of drug-likeness (QED) is 0.662. The number of alkyl carbamates (subject to hydrolysis) is 1. The van der Waals surface area contributed by atoms with Crippen molar-refractivity contribution in [3.8, 4) is 0 Å². The molecule has 1 N–H and O–H groups in total. The van der Waals surface area contributed by atoms with Gasteiger partial charge in [0.05, 0.1) is 6.57 Å². The average Bonchev–Trinajstić information content (AvgIpc) is 2.33. The van der Waals surface area contributed by atoms with Crippen molar-refractivity contribution >= 4 is 11.8 Å². The summed E-state index contributed by atoms with van der Waals surface area (Å²) in [6.07, 6.45) is 1.33. The maximum absolute atomic E-state index is 11.4. The second kappa shape index (κ2) is 6.79.